The second-order valence-corrected chi connectivity index (χ2v) is 15.7. The van der Waals surface area contributed by atoms with E-state index in [0.29, 0.717) is 0 Å². The molecule has 1 aliphatic rings. The van der Waals surface area contributed by atoms with Gasteiger partial charge in [0.1, 0.15) is 0 Å². The van der Waals surface area contributed by atoms with Gasteiger partial charge in [-0.2, -0.15) is 0 Å². The van der Waals surface area contributed by atoms with Gasteiger partial charge in [-0.3, -0.25) is 0 Å². The lowest BCUT2D eigenvalue weighted by atomic mass is 9.81. The molecule has 0 aliphatic heterocycles. The molecule has 60 heavy (non-hydrogen) atoms. The maximum atomic E-state index is 2.45. The Hall–Kier alpha value is -7.68. The summed E-state index contributed by atoms with van der Waals surface area (Å²) in [5.74, 6) is 0. The predicted molar refractivity (Wildman–Crippen MR) is 256 cm³/mol. The Bertz CT molecular complexity index is 2970. The zero-order chi connectivity index (χ0) is 39.8. The van der Waals surface area contributed by atoms with E-state index < -0.39 is 0 Å². The molecule has 0 amide bonds. The number of hydrogen-bond acceptors (Lipinski definition) is 2. The molecule has 1 aliphatic carbocycles. The van der Waals surface area contributed by atoms with E-state index >= 15 is 0 Å². The van der Waals surface area contributed by atoms with Crippen molar-refractivity contribution in [3.05, 3.63) is 241 Å². The molecule has 2 nitrogen and oxygen atoms in total. The number of nitrogens with zero attached hydrogens (tertiary/aromatic N) is 2. The van der Waals surface area contributed by atoms with Crippen molar-refractivity contribution in [3.8, 4) is 11.1 Å². The van der Waals surface area contributed by atoms with Crippen molar-refractivity contribution >= 4 is 78.1 Å². The molecule has 0 bridgehead atoms. The first-order valence-electron chi connectivity index (χ1n) is 20.9. The quantitative estimate of drug-likeness (QED) is 0.142. The van der Waals surface area contributed by atoms with Crippen molar-refractivity contribution in [2.24, 2.45) is 0 Å². The largest absolute Gasteiger partial charge is 0.310 e. The molecule has 0 heterocycles. The van der Waals surface area contributed by atoms with Gasteiger partial charge < -0.3 is 9.80 Å². The van der Waals surface area contributed by atoms with Gasteiger partial charge in [0.2, 0.25) is 0 Å². The number of para-hydroxylation sites is 4. The Morgan fingerprint density at radius 3 is 1.30 bits per heavy atom. The number of rotatable bonds is 8. The van der Waals surface area contributed by atoms with E-state index in [1.54, 1.807) is 0 Å². The first-order valence-corrected chi connectivity index (χ1v) is 20.9. The average Bonchev–Trinajstić information content (AvgIpc) is 3.32. The van der Waals surface area contributed by atoms with Crippen molar-refractivity contribution in [1.82, 2.24) is 0 Å². The van der Waals surface area contributed by atoms with E-state index in [4.69, 9.17) is 0 Å². The summed E-state index contributed by atoms with van der Waals surface area (Å²) in [6, 6.07) is 81.8. The fourth-order valence-corrected chi connectivity index (χ4v) is 9.32. The fourth-order valence-electron chi connectivity index (χ4n) is 9.32. The topological polar surface area (TPSA) is 6.48 Å². The lowest BCUT2D eigenvalue weighted by Crippen LogP contribution is -2.10. The lowest BCUT2D eigenvalue weighted by Gasteiger charge is -2.28. The number of hydrogen-bond donors (Lipinski definition) is 0. The maximum absolute atomic E-state index is 2.45. The molecule has 0 unspecified atom stereocenters. The van der Waals surface area contributed by atoms with Crippen LogP contribution in [0.2, 0.25) is 0 Å². The molecule has 0 fully saturated rings. The van der Waals surface area contributed by atoms with Crippen LogP contribution in [0, 0.1) is 0 Å². The SMILES string of the molecule is C1=C(c2c3ccc(N(c4ccccc4)c4ccccc4)cc3c(-c3ccc4ccccc4c3)c3cc(N(c4ccccc4)c4ccccc4)ccc23)CCc2ccccc21. The normalized spacial score (nSPS) is 12.3. The van der Waals surface area contributed by atoms with Crippen LogP contribution < -0.4 is 9.80 Å². The van der Waals surface area contributed by atoms with E-state index in [-0.39, 0.29) is 0 Å². The van der Waals surface area contributed by atoms with E-state index in [1.165, 1.54) is 65.7 Å². The summed E-state index contributed by atoms with van der Waals surface area (Å²) < 4.78 is 0. The molecular weight excluding hydrogens is 725 g/mol. The van der Waals surface area contributed by atoms with Crippen LogP contribution >= 0.6 is 0 Å². The van der Waals surface area contributed by atoms with Gasteiger partial charge in [-0.05, 0) is 157 Å². The standard InChI is InChI=1S/C58H42N2/c1-5-21-47(22-6-1)59(48-23-7-2-8-24-48)51-33-35-53-55(39-51)58(46-32-30-42-18-14-16-20-44(42)38-46)56-40-52(60(49-25-9-3-10-26-49)50-27-11-4-12-28-50)34-36-54(56)57(53)45-31-29-41-17-13-15-19-43(41)37-45/h1-28,30,32-40H,29,31H2. The van der Waals surface area contributed by atoms with Crippen LogP contribution in [0.15, 0.2) is 224 Å². The maximum Gasteiger partial charge on any atom is 0.0468 e. The van der Waals surface area contributed by atoms with Crippen molar-refractivity contribution in [2.75, 3.05) is 9.80 Å². The molecule has 10 aromatic carbocycles. The summed E-state index contributed by atoms with van der Waals surface area (Å²) in [6.07, 6.45) is 4.44. The van der Waals surface area contributed by atoms with Crippen molar-refractivity contribution in [3.63, 3.8) is 0 Å². The number of fused-ring (bicyclic) bond motifs is 4. The Balaban J connectivity index is 1.27. The van der Waals surface area contributed by atoms with E-state index in [9.17, 15) is 0 Å². The summed E-state index contributed by atoms with van der Waals surface area (Å²) in [5, 5.41) is 7.44. The van der Waals surface area contributed by atoms with Gasteiger partial charge in [-0.1, -0.05) is 152 Å². The van der Waals surface area contributed by atoms with E-state index in [1.807, 2.05) is 0 Å². The Kier molecular flexibility index (Phi) is 9.02. The first kappa shape index (κ1) is 35.5. The average molecular weight is 767 g/mol. The van der Waals surface area contributed by atoms with Gasteiger partial charge in [0.15, 0.2) is 0 Å². The smallest absolute Gasteiger partial charge is 0.0468 e. The molecule has 0 atom stereocenters. The number of allylic oxidation sites excluding steroid dienone is 1. The van der Waals surface area contributed by atoms with E-state index in [0.717, 1.165) is 47.0 Å². The second kappa shape index (κ2) is 15.2. The van der Waals surface area contributed by atoms with E-state index in [2.05, 4.69) is 240 Å². The molecule has 0 saturated heterocycles. The third-order valence-electron chi connectivity index (χ3n) is 12.1. The van der Waals surface area contributed by atoms with Gasteiger partial charge in [0.05, 0.1) is 0 Å². The molecule has 0 spiro atoms. The molecule has 10 aromatic rings. The summed E-state index contributed by atoms with van der Waals surface area (Å²) in [6.45, 7) is 0. The van der Waals surface area contributed by atoms with Crippen molar-refractivity contribution in [2.45, 2.75) is 12.8 Å². The predicted octanol–water partition coefficient (Wildman–Crippen LogP) is 16.2. The zero-order valence-corrected chi connectivity index (χ0v) is 33.2. The molecule has 0 aromatic heterocycles. The number of benzene rings is 10. The monoisotopic (exact) mass is 766 g/mol. The minimum Gasteiger partial charge on any atom is -0.310 e. The molecular formula is C58H42N2. The van der Waals surface area contributed by atoms with Crippen LogP contribution in [0.4, 0.5) is 34.1 Å². The van der Waals surface area contributed by atoms with Gasteiger partial charge in [-0.25, -0.2) is 0 Å². The highest BCUT2D eigenvalue weighted by molar-refractivity contribution is 6.21. The third-order valence-corrected chi connectivity index (χ3v) is 12.1. The lowest BCUT2D eigenvalue weighted by molar-refractivity contribution is 1.00. The Morgan fingerprint density at radius 1 is 0.300 bits per heavy atom. The second-order valence-electron chi connectivity index (χ2n) is 15.7. The highest BCUT2D eigenvalue weighted by Crippen LogP contribution is 2.49. The van der Waals surface area contributed by atoms with Crippen LogP contribution in [0.1, 0.15) is 23.1 Å². The highest BCUT2D eigenvalue weighted by atomic mass is 15.1. The molecule has 11 rings (SSSR count). The molecule has 0 radical (unpaired) electrons. The molecule has 0 N–H and O–H groups in total. The molecule has 2 heteroatoms. The van der Waals surface area contributed by atoms with Crippen molar-refractivity contribution in [1.29, 1.82) is 0 Å². The zero-order valence-electron chi connectivity index (χ0n) is 33.2. The fraction of sp³-hybridized carbons (Fsp3) is 0.0345. The first-order chi connectivity index (χ1) is 29.8. The Morgan fingerprint density at radius 2 is 0.767 bits per heavy atom. The number of anilines is 6. The van der Waals surface area contributed by atoms with Gasteiger partial charge >= 0.3 is 0 Å². The Labute approximate surface area is 351 Å². The van der Waals surface area contributed by atoms with Gasteiger partial charge in [0.25, 0.3) is 0 Å². The van der Waals surface area contributed by atoms with Crippen LogP contribution in [0.25, 0.3) is 55.1 Å². The van der Waals surface area contributed by atoms with Crippen LogP contribution in [-0.2, 0) is 6.42 Å². The van der Waals surface area contributed by atoms with Gasteiger partial charge in [0, 0.05) is 34.1 Å². The van der Waals surface area contributed by atoms with Crippen LogP contribution in [0.3, 0.4) is 0 Å². The highest BCUT2D eigenvalue weighted by Gasteiger charge is 2.24. The molecule has 284 valence electrons. The number of aryl methyl sites for hydroxylation is 1. The van der Waals surface area contributed by atoms with Gasteiger partial charge in [-0.15, -0.1) is 0 Å². The third kappa shape index (κ3) is 6.40. The van der Waals surface area contributed by atoms with Crippen molar-refractivity contribution < 1.29 is 0 Å². The minimum absolute atomic E-state index is 0.973. The van der Waals surface area contributed by atoms with Crippen LogP contribution in [0.5, 0.6) is 0 Å². The minimum atomic E-state index is 0.973. The molecule has 0 saturated carbocycles. The summed E-state index contributed by atoms with van der Waals surface area (Å²) >= 11 is 0. The summed E-state index contributed by atoms with van der Waals surface area (Å²) in [5.41, 5.74) is 14.5. The van der Waals surface area contributed by atoms with Crippen LogP contribution in [-0.4, -0.2) is 0 Å². The summed E-state index contributed by atoms with van der Waals surface area (Å²) in [4.78, 5) is 4.76. The summed E-state index contributed by atoms with van der Waals surface area (Å²) in [7, 11) is 0.